The first-order valence-corrected chi connectivity index (χ1v) is 13.6. The average Bonchev–Trinajstić information content (AvgIpc) is 3.40. The molecule has 2 aliphatic heterocycles. The number of nitrogens with zero attached hydrogens (tertiary/aromatic N) is 3. The van der Waals surface area contributed by atoms with E-state index in [0.717, 1.165) is 35.7 Å². The lowest BCUT2D eigenvalue weighted by molar-refractivity contribution is -0.170. The third-order valence-electron chi connectivity index (χ3n) is 10.9. The van der Waals surface area contributed by atoms with Crippen molar-refractivity contribution in [1.82, 2.24) is 14.9 Å². The predicted molar refractivity (Wildman–Crippen MR) is 144 cm³/mol. The maximum atomic E-state index is 11.3. The molecule has 194 valence electrons. The lowest BCUT2D eigenvalue weighted by Crippen LogP contribution is -2.63. The second-order valence-corrected chi connectivity index (χ2v) is 13.0. The fourth-order valence-corrected chi connectivity index (χ4v) is 8.66. The first kappa shape index (κ1) is 23.7. The zero-order valence-electron chi connectivity index (χ0n) is 22.4. The Bertz CT molecular complexity index is 1410. The van der Waals surface area contributed by atoms with Gasteiger partial charge in [-0.2, -0.15) is 0 Å². The SMILES string of the molecule is CN(C)C1C[C@@]23CC[C@@]4(O2)C(=CC(C)(C)[C@]2(C)C(c5ccc6cncnc6c5)=CCC42)C=C3[C@@H](O)[C@@H]1O. The van der Waals surface area contributed by atoms with Gasteiger partial charge in [0.25, 0.3) is 0 Å². The summed E-state index contributed by atoms with van der Waals surface area (Å²) in [5.74, 6) is 0.282. The predicted octanol–water partition coefficient (Wildman–Crippen LogP) is 4.29. The number of aromatic nitrogens is 2. The molecule has 5 aliphatic rings. The van der Waals surface area contributed by atoms with Gasteiger partial charge in [-0.3, -0.25) is 0 Å². The fraction of sp³-hybridized carbons (Fsp3) is 0.548. The van der Waals surface area contributed by atoms with E-state index in [2.05, 4.69) is 67.2 Å². The molecule has 1 saturated heterocycles. The molecule has 2 unspecified atom stereocenters. The van der Waals surface area contributed by atoms with Crippen molar-refractivity contribution in [2.45, 2.75) is 75.9 Å². The van der Waals surface area contributed by atoms with Crippen LogP contribution in [0, 0.1) is 16.7 Å². The molecule has 1 aromatic carbocycles. The van der Waals surface area contributed by atoms with Crippen molar-refractivity contribution in [2.75, 3.05) is 14.1 Å². The summed E-state index contributed by atoms with van der Waals surface area (Å²) >= 11 is 0. The molecule has 2 fully saturated rings. The maximum Gasteiger partial charge on any atom is 0.116 e. The van der Waals surface area contributed by atoms with E-state index in [0.29, 0.717) is 6.42 Å². The van der Waals surface area contributed by atoms with Crippen molar-refractivity contribution in [1.29, 1.82) is 0 Å². The Labute approximate surface area is 218 Å². The van der Waals surface area contributed by atoms with Gasteiger partial charge in [0.15, 0.2) is 0 Å². The van der Waals surface area contributed by atoms with Gasteiger partial charge >= 0.3 is 0 Å². The zero-order chi connectivity index (χ0) is 26.0. The molecule has 0 amide bonds. The highest BCUT2D eigenvalue weighted by Crippen LogP contribution is 2.71. The molecule has 1 aromatic heterocycles. The molecule has 2 aromatic rings. The molecule has 3 aliphatic carbocycles. The summed E-state index contributed by atoms with van der Waals surface area (Å²) in [6, 6.07) is 6.41. The first-order chi connectivity index (χ1) is 17.5. The number of allylic oxidation sites excluding steroid dienone is 3. The van der Waals surface area contributed by atoms with E-state index in [1.165, 1.54) is 16.7 Å². The van der Waals surface area contributed by atoms with E-state index in [9.17, 15) is 10.2 Å². The van der Waals surface area contributed by atoms with Crippen LogP contribution in [-0.4, -0.2) is 68.6 Å². The van der Waals surface area contributed by atoms with Crippen LogP contribution < -0.4 is 0 Å². The van der Waals surface area contributed by atoms with E-state index >= 15 is 0 Å². The number of likely N-dealkylation sites (N-methyl/N-ethyl adjacent to an activating group) is 1. The molecule has 7 atom stereocenters. The van der Waals surface area contributed by atoms with Crippen LogP contribution in [0.25, 0.3) is 16.5 Å². The van der Waals surface area contributed by atoms with Crippen LogP contribution >= 0.6 is 0 Å². The molecule has 1 saturated carbocycles. The highest BCUT2D eigenvalue weighted by Gasteiger charge is 2.70. The number of fused-ring (bicyclic) bond motifs is 2. The minimum Gasteiger partial charge on any atom is -0.388 e. The van der Waals surface area contributed by atoms with Gasteiger partial charge in [-0.1, -0.05) is 51.1 Å². The monoisotopic (exact) mass is 499 g/mol. The molecule has 0 radical (unpaired) electrons. The average molecular weight is 500 g/mol. The summed E-state index contributed by atoms with van der Waals surface area (Å²) in [5, 5.41) is 23.3. The van der Waals surface area contributed by atoms with Crippen molar-refractivity contribution in [2.24, 2.45) is 16.7 Å². The van der Waals surface area contributed by atoms with Gasteiger partial charge in [-0.05, 0) is 73.5 Å². The summed E-state index contributed by atoms with van der Waals surface area (Å²) in [6.07, 6.45) is 12.3. The van der Waals surface area contributed by atoms with Crippen molar-refractivity contribution in [3.8, 4) is 0 Å². The van der Waals surface area contributed by atoms with Gasteiger partial charge in [-0.15, -0.1) is 0 Å². The lowest BCUT2D eigenvalue weighted by atomic mass is 9.49. The number of aliphatic hydroxyl groups excluding tert-OH is 2. The Balaban J connectivity index is 1.36. The van der Waals surface area contributed by atoms with Gasteiger partial charge in [0, 0.05) is 29.0 Å². The third-order valence-corrected chi connectivity index (χ3v) is 10.9. The molecule has 7 rings (SSSR count). The van der Waals surface area contributed by atoms with E-state index in [1.54, 1.807) is 6.33 Å². The Kier molecular flexibility index (Phi) is 4.73. The molecule has 3 heterocycles. The third kappa shape index (κ3) is 2.85. The summed E-state index contributed by atoms with van der Waals surface area (Å²) < 4.78 is 7.32. The number of hydrogen-bond acceptors (Lipinski definition) is 6. The Hall–Kier alpha value is -2.38. The normalized spacial score (nSPS) is 41.6. The van der Waals surface area contributed by atoms with Crippen LogP contribution in [0.3, 0.4) is 0 Å². The molecular formula is C31H37N3O3. The summed E-state index contributed by atoms with van der Waals surface area (Å²) in [5.41, 5.74) is 4.44. The molecule has 37 heavy (non-hydrogen) atoms. The number of ether oxygens (including phenoxy) is 1. The smallest absolute Gasteiger partial charge is 0.116 e. The Morgan fingerprint density at radius 2 is 1.92 bits per heavy atom. The minimum absolute atomic E-state index is 0.137. The van der Waals surface area contributed by atoms with Crippen molar-refractivity contribution >= 4 is 16.5 Å². The van der Waals surface area contributed by atoms with Gasteiger partial charge in [0.05, 0.1) is 22.8 Å². The molecule has 2 spiro atoms. The minimum atomic E-state index is -0.911. The fourth-order valence-electron chi connectivity index (χ4n) is 8.66. The second-order valence-electron chi connectivity index (χ2n) is 13.0. The second kappa shape index (κ2) is 7.38. The van der Waals surface area contributed by atoms with Gasteiger partial charge in [-0.25, -0.2) is 9.97 Å². The Morgan fingerprint density at radius 3 is 2.70 bits per heavy atom. The van der Waals surface area contributed by atoms with Crippen LogP contribution in [0.2, 0.25) is 0 Å². The standard InChI is InChI=1S/C31H37N3O3/c1-28(2)14-20-13-22-26(35)27(36)24(34(4)5)15-30(22)10-11-31(20,37-30)25-9-8-21(29(25,28)3)18-6-7-19-16-32-17-33-23(19)12-18/h6-8,12-14,16-17,24-27,35-36H,9-11,15H2,1-5H3/t24?,25?,26-,27-,29-,30-,31-/m1/s1. The van der Waals surface area contributed by atoms with Crippen LogP contribution in [0.15, 0.2) is 60.1 Å². The lowest BCUT2D eigenvalue weighted by Gasteiger charge is -2.60. The first-order valence-electron chi connectivity index (χ1n) is 13.6. The molecule has 2 N–H and O–H groups in total. The molecule has 6 nitrogen and oxygen atoms in total. The number of aliphatic hydroxyl groups is 2. The van der Waals surface area contributed by atoms with E-state index in [4.69, 9.17) is 4.74 Å². The maximum absolute atomic E-state index is 11.3. The molecular weight excluding hydrogens is 462 g/mol. The van der Waals surface area contributed by atoms with Gasteiger partial charge in [0.1, 0.15) is 12.4 Å². The van der Waals surface area contributed by atoms with Gasteiger partial charge in [0.2, 0.25) is 0 Å². The highest BCUT2D eigenvalue weighted by atomic mass is 16.5. The van der Waals surface area contributed by atoms with Crippen LogP contribution in [0.5, 0.6) is 0 Å². The summed E-state index contributed by atoms with van der Waals surface area (Å²) in [4.78, 5) is 10.7. The van der Waals surface area contributed by atoms with Crippen LogP contribution in [0.1, 0.15) is 52.0 Å². The van der Waals surface area contributed by atoms with E-state index in [-0.39, 0.29) is 28.4 Å². The molecule has 6 heteroatoms. The number of rotatable bonds is 2. The van der Waals surface area contributed by atoms with Gasteiger partial charge < -0.3 is 19.8 Å². The topological polar surface area (TPSA) is 78.7 Å². The van der Waals surface area contributed by atoms with Crippen LogP contribution in [0.4, 0.5) is 0 Å². The Morgan fingerprint density at radius 1 is 1.11 bits per heavy atom. The van der Waals surface area contributed by atoms with Crippen molar-refractivity contribution in [3.05, 3.63) is 65.7 Å². The van der Waals surface area contributed by atoms with E-state index in [1.807, 2.05) is 25.2 Å². The van der Waals surface area contributed by atoms with Crippen molar-refractivity contribution in [3.63, 3.8) is 0 Å². The van der Waals surface area contributed by atoms with Crippen LogP contribution in [-0.2, 0) is 4.74 Å². The quantitative estimate of drug-likeness (QED) is 0.642. The summed E-state index contributed by atoms with van der Waals surface area (Å²) in [6.45, 7) is 7.11. The molecule has 2 bridgehead atoms. The summed E-state index contributed by atoms with van der Waals surface area (Å²) in [7, 11) is 3.96. The number of benzene rings is 1. The van der Waals surface area contributed by atoms with Crippen molar-refractivity contribution < 1.29 is 14.9 Å². The zero-order valence-corrected chi connectivity index (χ0v) is 22.4. The highest BCUT2D eigenvalue weighted by molar-refractivity contribution is 5.85. The number of hydrogen-bond donors (Lipinski definition) is 2. The largest absolute Gasteiger partial charge is 0.388 e. The van der Waals surface area contributed by atoms with E-state index < -0.39 is 17.8 Å².